The molecule has 1 saturated heterocycles. The molecule has 2 unspecified atom stereocenters. The van der Waals surface area contributed by atoms with Crippen molar-refractivity contribution in [2.75, 3.05) is 13.2 Å². The Kier molecular flexibility index (Phi) is 3.20. The predicted molar refractivity (Wildman–Crippen MR) is 43.0 cm³/mol. The van der Waals surface area contributed by atoms with E-state index < -0.39 is 0 Å². The molecule has 10 heavy (non-hydrogen) atoms. The number of hydrogen-bond donors (Lipinski definition) is 0. The fourth-order valence-electron chi connectivity index (χ4n) is 1.69. The molecule has 1 aliphatic heterocycles. The maximum atomic E-state index is 5.32. The van der Waals surface area contributed by atoms with Crippen LogP contribution in [0.4, 0.5) is 0 Å². The van der Waals surface area contributed by atoms with Gasteiger partial charge in [0.05, 0.1) is 0 Å². The van der Waals surface area contributed by atoms with Crippen molar-refractivity contribution in [2.24, 2.45) is 11.8 Å². The lowest BCUT2D eigenvalue weighted by molar-refractivity contribution is 0.172. The van der Waals surface area contributed by atoms with Crippen molar-refractivity contribution >= 4 is 0 Å². The first kappa shape index (κ1) is 8.06. The Balaban J connectivity index is 2.18. The van der Waals surface area contributed by atoms with Crippen molar-refractivity contribution in [2.45, 2.75) is 33.1 Å². The first-order valence-electron chi connectivity index (χ1n) is 4.42. The summed E-state index contributed by atoms with van der Waals surface area (Å²) in [6.45, 7) is 6.62. The van der Waals surface area contributed by atoms with Gasteiger partial charge in [-0.1, -0.05) is 26.7 Å². The van der Waals surface area contributed by atoms with E-state index in [-0.39, 0.29) is 0 Å². The zero-order valence-corrected chi connectivity index (χ0v) is 7.10. The molecule has 2 atom stereocenters. The van der Waals surface area contributed by atoms with Crippen LogP contribution in [-0.2, 0) is 4.74 Å². The summed E-state index contributed by atoms with van der Waals surface area (Å²) in [5.41, 5.74) is 0. The van der Waals surface area contributed by atoms with E-state index >= 15 is 0 Å². The minimum atomic E-state index is 0.861. The maximum Gasteiger partial charge on any atom is 0.0497 e. The third kappa shape index (κ3) is 1.98. The van der Waals surface area contributed by atoms with Crippen LogP contribution >= 0.6 is 0 Å². The second kappa shape index (κ2) is 3.97. The normalized spacial score (nSPS) is 28.8. The Morgan fingerprint density at radius 3 is 2.90 bits per heavy atom. The molecule has 0 aromatic rings. The molecular weight excluding hydrogens is 124 g/mol. The first-order valence-corrected chi connectivity index (χ1v) is 4.42. The van der Waals surface area contributed by atoms with Gasteiger partial charge in [-0.05, 0) is 18.3 Å². The fourth-order valence-corrected chi connectivity index (χ4v) is 1.69. The van der Waals surface area contributed by atoms with E-state index in [2.05, 4.69) is 13.8 Å². The molecule has 0 spiro atoms. The maximum absolute atomic E-state index is 5.32. The smallest absolute Gasteiger partial charge is 0.0497 e. The number of ether oxygens (including phenoxy) is 1. The molecule has 0 radical (unpaired) electrons. The van der Waals surface area contributed by atoms with Gasteiger partial charge in [0.25, 0.3) is 0 Å². The van der Waals surface area contributed by atoms with Crippen LogP contribution in [0.1, 0.15) is 33.1 Å². The largest absolute Gasteiger partial charge is 0.381 e. The summed E-state index contributed by atoms with van der Waals surface area (Å²) in [6, 6.07) is 0. The Bertz CT molecular complexity index is 84.7. The van der Waals surface area contributed by atoms with Crippen molar-refractivity contribution in [3.8, 4) is 0 Å². The minimum Gasteiger partial charge on any atom is -0.381 e. The lowest BCUT2D eigenvalue weighted by Crippen LogP contribution is -2.10. The molecule has 1 rings (SSSR count). The van der Waals surface area contributed by atoms with Crippen LogP contribution in [0.2, 0.25) is 0 Å². The fraction of sp³-hybridized carbons (Fsp3) is 1.00. The lowest BCUT2D eigenvalue weighted by atomic mass is 9.90. The monoisotopic (exact) mass is 142 g/mol. The van der Waals surface area contributed by atoms with E-state index in [1.54, 1.807) is 0 Å². The van der Waals surface area contributed by atoms with E-state index in [0.29, 0.717) is 0 Å². The molecule has 1 heteroatoms. The van der Waals surface area contributed by atoms with Crippen molar-refractivity contribution < 1.29 is 4.74 Å². The molecule has 1 heterocycles. The van der Waals surface area contributed by atoms with Gasteiger partial charge in [0.2, 0.25) is 0 Å². The zero-order valence-electron chi connectivity index (χ0n) is 7.10. The molecule has 0 aromatic carbocycles. The highest BCUT2D eigenvalue weighted by Crippen LogP contribution is 2.24. The molecule has 0 aliphatic carbocycles. The first-order chi connectivity index (χ1) is 4.84. The quantitative estimate of drug-likeness (QED) is 0.588. The molecule has 0 aromatic heterocycles. The SMILES string of the molecule is CCCC(C)C1CCOC1. The van der Waals surface area contributed by atoms with Crippen LogP contribution in [0.3, 0.4) is 0 Å². The minimum absolute atomic E-state index is 0.861. The van der Waals surface area contributed by atoms with Gasteiger partial charge in [0, 0.05) is 13.2 Å². The summed E-state index contributed by atoms with van der Waals surface area (Å²) in [6.07, 6.45) is 3.98. The summed E-state index contributed by atoms with van der Waals surface area (Å²) in [7, 11) is 0. The van der Waals surface area contributed by atoms with E-state index in [4.69, 9.17) is 4.74 Å². The van der Waals surface area contributed by atoms with E-state index in [1.807, 2.05) is 0 Å². The molecular formula is C9H18O. The number of rotatable bonds is 3. The summed E-state index contributed by atoms with van der Waals surface area (Å²) in [5.74, 6) is 1.74. The van der Waals surface area contributed by atoms with Gasteiger partial charge in [-0.3, -0.25) is 0 Å². The lowest BCUT2D eigenvalue weighted by Gasteiger charge is -2.15. The molecule has 1 nitrogen and oxygen atoms in total. The highest BCUT2D eigenvalue weighted by Gasteiger charge is 2.20. The Morgan fingerprint density at radius 2 is 2.40 bits per heavy atom. The van der Waals surface area contributed by atoms with E-state index in [1.165, 1.54) is 19.3 Å². The van der Waals surface area contributed by atoms with Crippen molar-refractivity contribution in [1.29, 1.82) is 0 Å². The zero-order chi connectivity index (χ0) is 7.40. The van der Waals surface area contributed by atoms with Gasteiger partial charge in [-0.2, -0.15) is 0 Å². The second-order valence-corrected chi connectivity index (χ2v) is 3.39. The van der Waals surface area contributed by atoms with Gasteiger partial charge >= 0.3 is 0 Å². The van der Waals surface area contributed by atoms with E-state index in [0.717, 1.165) is 25.0 Å². The highest BCUT2D eigenvalue weighted by molar-refractivity contribution is 4.69. The van der Waals surface area contributed by atoms with Gasteiger partial charge in [0.15, 0.2) is 0 Å². The Labute approximate surface area is 63.8 Å². The van der Waals surface area contributed by atoms with E-state index in [9.17, 15) is 0 Å². The van der Waals surface area contributed by atoms with Crippen LogP contribution < -0.4 is 0 Å². The molecule has 0 amide bonds. The summed E-state index contributed by atoms with van der Waals surface area (Å²) in [4.78, 5) is 0. The van der Waals surface area contributed by atoms with Crippen molar-refractivity contribution in [1.82, 2.24) is 0 Å². The van der Waals surface area contributed by atoms with Crippen molar-refractivity contribution in [3.05, 3.63) is 0 Å². The third-order valence-electron chi connectivity index (χ3n) is 2.51. The van der Waals surface area contributed by atoms with Crippen LogP contribution in [0.25, 0.3) is 0 Å². The molecule has 1 aliphatic rings. The average Bonchev–Trinajstić information content (AvgIpc) is 2.38. The van der Waals surface area contributed by atoms with Crippen LogP contribution in [-0.4, -0.2) is 13.2 Å². The standard InChI is InChI=1S/C9H18O/c1-3-4-8(2)9-5-6-10-7-9/h8-9H,3-7H2,1-2H3. The van der Waals surface area contributed by atoms with Crippen LogP contribution in [0.15, 0.2) is 0 Å². The third-order valence-corrected chi connectivity index (χ3v) is 2.51. The van der Waals surface area contributed by atoms with Crippen LogP contribution in [0.5, 0.6) is 0 Å². The van der Waals surface area contributed by atoms with Gasteiger partial charge < -0.3 is 4.74 Å². The average molecular weight is 142 g/mol. The summed E-state index contributed by atoms with van der Waals surface area (Å²) < 4.78 is 5.32. The molecule has 0 bridgehead atoms. The van der Waals surface area contributed by atoms with Gasteiger partial charge in [0.1, 0.15) is 0 Å². The molecule has 0 saturated carbocycles. The predicted octanol–water partition coefficient (Wildman–Crippen LogP) is 2.46. The van der Waals surface area contributed by atoms with Gasteiger partial charge in [-0.15, -0.1) is 0 Å². The molecule has 1 fully saturated rings. The van der Waals surface area contributed by atoms with Crippen molar-refractivity contribution in [3.63, 3.8) is 0 Å². The molecule has 60 valence electrons. The van der Waals surface area contributed by atoms with Crippen LogP contribution in [0, 0.1) is 11.8 Å². The van der Waals surface area contributed by atoms with Gasteiger partial charge in [-0.25, -0.2) is 0 Å². The Morgan fingerprint density at radius 1 is 1.60 bits per heavy atom. The summed E-state index contributed by atoms with van der Waals surface area (Å²) >= 11 is 0. The highest BCUT2D eigenvalue weighted by atomic mass is 16.5. The topological polar surface area (TPSA) is 9.23 Å². The second-order valence-electron chi connectivity index (χ2n) is 3.39. The molecule has 0 N–H and O–H groups in total. The number of hydrogen-bond acceptors (Lipinski definition) is 1. The Hall–Kier alpha value is -0.0400. The summed E-state index contributed by atoms with van der Waals surface area (Å²) in [5, 5.41) is 0.